The number of rotatable bonds is 1. The topological polar surface area (TPSA) is 80.4 Å². The molecule has 0 fully saturated rings. The molecule has 132 valence electrons. The lowest BCUT2D eigenvalue weighted by Crippen LogP contribution is -2.22. The van der Waals surface area contributed by atoms with Gasteiger partial charge in [0.05, 0.1) is 17.6 Å². The van der Waals surface area contributed by atoms with Gasteiger partial charge < -0.3 is 15.6 Å². The summed E-state index contributed by atoms with van der Waals surface area (Å²) in [6.07, 6.45) is 4.72. The van der Waals surface area contributed by atoms with Crippen LogP contribution in [-0.4, -0.2) is 20.6 Å². The third-order valence-corrected chi connectivity index (χ3v) is 4.65. The van der Waals surface area contributed by atoms with Gasteiger partial charge in [0.25, 0.3) is 0 Å². The van der Waals surface area contributed by atoms with Gasteiger partial charge in [-0.25, -0.2) is 0 Å². The molecule has 0 spiro atoms. The average molecular weight is 322 g/mol. The number of hydrogen-bond donors (Lipinski definition) is 2. The number of aliphatic hydroxyl groups excluding tert-OH is 1. The van der Waals surface area contributed by atoms with Crippen LogP contribution in [0.5, 0.6) is 0 Å². The van der Waals surface area contributed by atoms with Gasteiger partial charge in [0.1, 0.15) is 0 Å². The third kappa shape index (κ3) is 4.33. The maximum absolute atomic E-state index is 9.24. The van der Waals surface area contributed by atoms with Gasteiger partial charge in [0.2, 0.25) is 0 Å². The summed E-state index contributed by atoms with van der Waals surface area (Å²) in [6.45, 7) is 11.1. The summed E-state index contributed by atoms with van der Waals surface area (Å²) in [6, 6.07) is 4.21. The van der Waals surface area contributed by atoms with E-state index < -0.39 is 0 Å². The van der Waals surface area contributed by atoms with Crippen molar-refractivity contribution in [3.8, 4) is 0 Å². The number of hydrogen-bond acceptors (Lipinski definition) is 2. The second-order valence-electron chi connectivity index (χ2n) is 7.14. The Morgan fingerprint density at radius 2 is 2.00 bits per heavy atom. The highest BCUT2D eigenvalue weighted by molar-refractivity contribution is 5.77. The Hall–Kier alpha value is -1.39. The monoisotopic (exact) mass is 322 g/mol. The highest BCUT2D eigenvalue weighted by Gasteiger charge is 2.28. The van der Waals surface area contributed by atoms with Gasteiger partial charge in [-0.05, 0) is 54.7 Å². The molecule has 4 nitrogen and oxygen atoms in total. The maximum atomic E-state index is 9.24. The van der Waals surface area contributed by atoms with Crippen molar-refractivity contribution in [3.63, 3.8) is 0 Å². The fourth-order valence-corrected chi connectivity index (χ4v) is 3.29. The molecule has 0 aliphatic heterocycles. The van der Waals surface area contributed by atoms with Crippen LogP contribution in [0.2, 0.25) is 0 Å². The van der Waals surface area contributed by atoms with Crippen molar-refractivity contribution in [2.75, 3.05) is 0 Å². The minimum absolute atomic E-state index is 0. The van der Waals surface area contributed by atoms with E-state index in [9.17, 15) is 5.11 Å². The molecule has 0 aromatic carbocycles. The van der Waals surface area contributed by atoms with Gasteiger partial charge in [-0.15, -0.1) is 0 Å². The molecule has 1 atom stereocenters. The van der Waals surface area contributed by atoms with Crippen molar-refractivity contribution in [1.82, 2.24) is 9.97 Å². The number of nitrogens with one attached hydrogen (secondary N) is 1. The normalized spacial score (nSPS) is 17.6. The Morgan fingerprint density at radius 3 is 2.61 bits per heavy atom. The zero-order chi connectivity index (χ0) is 16.3. The van der Waals surface area contributed by atoms with E-state index >= 15 is 0 Å². The van der Waals surface area contributed by atoms with Crippen molar-refractivity contribution in [3.05, 3.63) is 29.1 Å². The van der Waals surface area contributed by atoms with Gasteiger partial charge in [-0.3, -0.25) is 4.98 Å². The van der Waals surface area contributed by atoms with E-state index in [0.717, 1.165) is 35.5 Å². The number of aromatic amines is 1. The Balaban J connectivity index is 0.00000128. The van der Waals surface area contributed by atoms with Gasteiger partial charge in [0, 0.05) is 12.8 Å². The second-order valence-corrected chi connectivity index (χ2v) is 7.14. The number of aliphatic hydroxyl groups is 1. The first-order valence-electron chi connectivity index (χ1n) is 8.58. The molecule has 4 N–H and O–H groups in total. The van der Waals surface area contributed by atoms with Crippen LogP contribution in [0.15, 0.2) is 12.1 Å². The smallest absolute Gasteiger partial charge is 0.0886 e. The molecule has 0 saturated heterocycles. The largest absolute Gasteiger partial charge is 0.412 e. The molecule has 0 radical (unpaired) electrons. The summed E-state index contributed by atoms with van der Waals surface area (Å²) < 4.78 is 0. The third-order valence-electron chi connectivity index (χ3n) is 4.65. The predicted octanol–water partition coefficient (Wildman–Crippen LogP) is 4.04. The molecular formula is C19H34N2O2. The average Bonchev–Trinajstić information content (AvgIpc) is 2.76. The molecule has 2 aromatic rings. The minimum Gasteiger partial charge on any atom is -0.412 e. The van der Waals surface area contributed by atoms with Crippen molar-refractivity contribution >= 4 is 11.0 Å². The zero-order valence-electron chi connectivity index (χ0n) is 15.2. The highest BCUT2D eigenvalue weighted by Crippen LogP contribution is 2.36. The molecule has 1 unspecified atom stereocenters. The second kappa shape index (κ2) is 7.93. The van der Waals surface area contributed by atoms with Crippen molar-refractivity contribution in [2.24, 2.45) is 11.3 Å². The Bertz CT molecular complexity index is 632. The summed E-state index contributed by atoms with van der Waals surface area (Å²) in [4.78, 5) is 8.08. The quantitative estimate of drug-likeness (QED) is 0.777. The number of pyridine rings is 1. The van der Waals surface area contributed by atoms with Crippen molar-refractivity contribution in [1.29, 1.82) is 0 Å². The maximum Gasteiger partial charge on any atom is 0.0886 e. The molecule has 0 amide bonds. The molecule has 3 rings (SSSR count). The van der Waals surface area contributed by atoms with Crippen molar-refractivity contribution in [2.45, 2.75) is 66.9 Å². The van der Waals surface area contributed by atoms with E-state index in [1.54, 1.807) is 0 Å². The van der Waals surface area contributed by atoms with E-state index in [-0.39, 0.29) is 13.5 Å². The Morgan fingerprint density at radius 1 is 1.30 bits per heavy atom. The lowest BCUT2D eigenvalue weighted by atomic mass is 9.76. The number of nitrogens with zero attached hydrogens (tertiary/aromatic N) is 1. The molecule has 1 aliphatic carbocycles. The van der Waals surface area contributed by atoms with Crippen LogP contribution in [0.3, 0.4) is 0 Å². The van der Waals surface area contributed by atoms with Gasteiger partial charge in [-0.1, -0.05) is 34.6 Å². The zero-order valence-corrected chi connectivity index (χ0v) is 15.2. The molecule has 1 aliphatic rings. The highest BCUT2D eigenvalue weighted by atomic mass is 16.3. The lowest BCUT2D eigenvalue weighted by Gasteiger charge is -2.29. The molecule has 2 aromatic heterocycles. The van der Waals surface area contributed by atoms with Crippen LogP contribution in [0.25, 0.3) is 11.0 Å². The van der Waals surface area contributed by atoms with Crippen LogP contribution in [-0.2, 0) is 19.4 Å². The molecule has 4 heteroatoms. The predicted molar refractivity (Wildman–Crippen MR) is 98.7 cm³/mol. The van der Waals surface area contributed by atoms with Crippen LogP contribution in [0, 0.1) is 11.3 Å². The Kier molecular flexibility index (Phi) is 6.78. The van der Waals surface area contributed by atoms with Crippen LogP contribution >= 0.6 is 0 Å². The molecule has 2 heterocycles. The minimum atomic E-state index is 0. The first kappa shape index (κ1) is 19.7. The van der Waals surface area contributed by atoms with E-state index in [1.165, 1.54) is 24.1 Å². The molecule has 0 saturated carbocycles. The summed E-state index contributed by atoms with van der Waals surface area (Å²) in [5.74, 6) is 0.718. The van der Waals surface area contributed by atoms with Crippen LogP contribution in [0.1, 0.15) is 65.8 Å². The first-order chi connectivity index (χ1) is 10.5. The van der Waals surface area contributed by atoms with E-state index in [2.05, 4.69) is 31.8 Å². The number of aryl methyl sites for hydroxylation is 1. The number of aromatic nitrogens is 2. The number of H-pyrrole nitrogens is 1. The standard InChI is InChI=1S/C17H24N2O.C2H6.H2O.H2/c1-17(2,3)12-5-4-6-14-11(7-12)8-15-16(19-14)9-13(10-20)18-15;1-2;;/h8-9,12,18,20H,4-7,10H2,1-3H3;1-2H3;1H2;1H. The van der Waals surface area contributed by atoms with Crippen molar-refractivity contribution < 1.29 is 12.0 Å². The lowest BCUT2D eigenvalue weighted by molar-refractivity contribution is 0.224. The summed E-state index contributed by atoms with van der Waals surface area (Å²) in [5.41, 5.74) is 5.89. The molecule has 0 bridgehead atoms. The first-order valence-corrected chi connectivity index (χ1v) is 8.58. The fourth-order valence-electron chi connectivity index (χ4n) is 3.29. The van der Waals surface area contributed by atoms with E-state index in [0.29, 0.717) is 5.41 Å². The van der Waals surface area contributed by atoms with Crippen LogP contribution < -0.4 is 0 Å². The van der Waals surface area contributed by atoms with Gasteiger partial charge >= 0.3 is 0 Å². The molecular weight excluding hydrogens is 288 g/mol. The number of fused-ring (bicyclic) bond motifs is 2. The summed E-state index contributed by atoms with van der Waals surface area (Å²) >= 11 is 0. The van der Waals surface area contributed by atoms with E-state index in [4.69, 9.17) is 4.98 Å². The van der Waals surface area contributed by atoms with E-state index in [1.807, 2.05) is 19.9 Å². The molecule has 23 heavy (non-hydrogen) atoms. The Labute approximate surface area is 141 Å². The van der Waals surface area contributed by atoms with Gasteiger partial charge in [0.15, 0.2) is 0 Å². The van der Waals surface area contributed by atoms with Gasteiger partial charge in [-0.2, -0.15) is 0 Å². The summed E-state index contributed by atoms with van der Waals surface area (Å²) in [7, 11) is 0. The SMILES string of the molecule is CC.CC(C)(C)C1CCCc2nc3cc(CO)[nH]c3cc2C1.O.[HH]. The van der Waals surface area contributed by atoms with Crippen LogP contribution in [0.4, 0.5) is 0 Å². The fraction of sp³-hybridized carbons (Fsp3) is 0.632. The summed E-state index contributed by atoms with van der Waals surface area (Å²) in [5, 5.41) is 9.24.